The Hall–Kier alpha value is -1.24. The van der Waals surface area contributed by atoms with Gasteiger partial charge in [0.2, 0.25) is 0 Å². The number of hydrogen-bond acceptors (Lipinski definition) is 6. The van der Waals surface area contributed by atoms with Gasteiger partial charge < -0.3 is 9.64 Å². The monoisotopic (exact) mass is 334 g/mol. The highest BCUT2D eigenvalue weighted by Crippen LogP contribution is 2.30. The molecular weight excluding hydrogens is 308 g/mol. The minimum atomic E-state index is 0.489. The van der Waals surface area contributed by atoms with Crippen molar-refractivity contribution in [1.82, 2.24) is 14.9 Å². The van der Waals surface area contributed by atoms with E-state index in [0.29, 0.717) is 12.1 Å². The molecule has 3 heterocycles. The number of aryl methyl sites for hydroxylation is 1. The van der Waals surface area contributed by atoms with E-state index in [2.05, 4.69) is 47.0 Å². The highest BCUT2D eigenvalue weighted by atomic mass is 32.1. The average Bonchev–Trinajstić information content (AvgIpc) is 3.01. The zero-order chi connectivity index (χ0) is 16.4. The van der Waals surface area contributed by atoms with Crippen LogP contribution < -0.4 is 4.90 Å². The molecule has 1 aliphatic heterocycles. The fourth-order valence-corrected chi connectivity index (χ4v) is 4.23. The van der Waals surface area contributed by atoms with Gasteiger partial charge in [-0.25, -0.2) is 9.97 Å². The Balaban J connectivity index is 1.87. The van der Waals surface area contributed by atoms with Gasteiger partial charge in [0.25, 0.3) is 0 Å². The molecular formula is C17H26N4OS. The molecule has 2 aromatic heterocycles. The largest absolute Gasteiger partial charge is 0.383 e. The summed E-state index contributed by atoms with van der Waals surface area (Å²) in [6, 6.07) is 3.13. The molecule has 0 N–H and O–H groups in total. The number of fused-ring (bicyclic) bond motifs is 1. The molecule has 2 aromatic rings. The third-order valence-corrected chi connectivity index (χ3v) is 5.43. The second-order valence-electron chi connectivity index (χ2n) is 6.29. The van der Waals surface area contributed by atoms with Crippen LogP contribution in [0, 0.1) is 0 Å². The molecule has 23 heavy (non-hydrogen) atoms. The predicted octanol–water partition coefficient (Wildman–Crippen LogP) is 2.80. The maximum Gasteiger partial charge on any atom is 0.141 e. The van der Waals surface area contributed by atoms with Gasteiger partial charge in [0.05, 0.1) is 12.0 Å². The fourth-order valence-electron chi connectivity index (χ4n) is 3.45. The van der Waals surface area contributed by atoms with Gasteiger partial charge >= 0.3 is 0 Å². The minimum absolute atomic E-state index is 0.489. The van der Waals surface area contributed by atoms with Gasteiger partial charge in [-0.1, -0.05) is 6.92 Å². The molecule has 3 rings (SSSR count). The molecule has 1 saturated heterocycles. The van der Waals surface area contributed by atoms with Gasteiger partial charge in [-0.15, -0.1) is 11.3 Å². The van der Waals surface area contributed by atoms with E-state index < -0.39 is 0 Å². The molecule has 0 radical (unpaired) electrons. The zero-order valence-electron chi connectivity index (χ0n) is 14.5. The second-order valence-corrected chi connectivity index (χ2v) is 7.18. The first kappa shape index (κ1) is 16.6. The van der Waals surface area contributed by atoms with Gasteiger partial charge in [-0.3, -0.25) is 4.90 Å². The molecule has 0 bridgehead atoms. The summed E-state index contributed by atoms with van der Waals surface area (Å²) in [5.41, 5.74) is 0. The van der Waals surface area contributed by atoms with Gasteiger partial charge in [0.15, 0.2) is 0 Å². The lowest BCUT2D eigenvalue weighted by Crippen LogP contribution is -2.57. The van der Waals surface area contributed by atoms with E-state index in [1.165, 1.54) is 5.39 Å². The number of rotatable bonds is 5. The molecule has 6 heteroatoms. The van der Waals surface area contributed by atoms with Crippen LogP contribution in [0.5, 0.6) is 0 Å². The molecule has 2 atom stereocenters. The van der Waals surface area contributed by atoms with Crippen LogP contribution in [-0.2, 0) is 11.2 Å². The third-order valence-electron chi connectivity index (χ3n) is 4.62. The van der Waals surface area contributed by atoms with Crippen molar-refractivity contribution in [1.29, 1.82) is 0 Å². The molecule has 0 aromatic carbocycles. The van der Waals surface area contributed by atoms with Gasteiger partial charge in [-0.05, 0) is 25.3 Å². The van der Waals surface area contributed by atoms with Gasteiger partial charge in [0, 0.05) is 45.2 Å². The van der Waals surface area contributed by atoms with E-state index >= 15 is 0 Å². The third kappa shape index (κ3) is 3.34. The fraction of sp³-hybridized carbons (Fsp3) is 0.647. The van der Waals surface area contributed by atoms with Crippen molar-refractivity contribution in [2.75, 3.05) is 38.3 Å². The lowest BCUT2D eigenvalue weighted by molar-refractivity contribution is 0.0845. The van der Waals surface area contributed by atoms with Crippen LogP contribution in [0.15, 0.2) is 11.4 Å². The number of nitrogens with zero attached hydrogens (tertiary/aromatic N) is 4. The van der Waals surface area contributed by atoms with Crippen molar-refractivity contribution in [3.63, 3.8) is 0 Å². The number of hydrogen-bond donors (Lipinski definition) is 0. The smallest absolute Gasteiger partial charge is 0.141 e. The van der Waals surface area contributed by atoms with E-state index in [-0.39, 0.29) is 0 Å². The molecule has 0 amide bonds. The van der Waals surface area contributed by atoms with E-state index in [9.17, 15) is 0 Å². The van der Waals surface area contributed by atoms with Crippen molar-refractivity contribution in [3.8, 4) is 0 Å². The number of methoxy groups -OCH3 is 1. The minimum Gasteiger partial charge on any atom is -0.383 e. The Morgan fingerprint density at radius 3 is 2.65 bits per heavy atom. The number of thiophene rings is 1. The van der Waals surface area contributed by atoms with E-state index in [1.807, 2.05) is 0 Å². The first-order valence-corrected chi connectivity index (χ1v) is 9.25. The molecule has 1 aliphatic rings. The molecule has 5 nitrogen and oxygen atoms in total. The SMILES string of the molecule is CCc1nc(N2CC(C)N(CCOC)C(C)C2)c2ccsc2n1. The summed E-state index contributed by atoms with van der Waals surface area (Å²) < 4.78 is 5.26. The maximum absolute atomic E-state index is 5.26. The summed E-state index contributed by atoms with van der Waals surface area (Å²) in [5, 5.41) is 3.31. The summed E-state index contributed by atoms with van der Waals surface area (Å²) in [6.45, 7) is 10.5. The lowest BCUT2D eigenvalue weighted by Gasteiger charge is -2.45. The summed E-state index contributed by atoms with van der Waals surface area (Å²) in [5.74, 6) is 2.05. The summed E-state index contributed by atoms with van der Waals surface area (Å²) in [7, 11) is 1.77. The Kier molecular flexibility index (Phi) is 5.14. The number of anilines is 1. The standard InChI is InChI=1S/C17H26N4OS/c1-5-15-18-16(14-6-9-23-17(14)19-15)20-10-12(2)21(7-8-22-4)13(3)11-20/h6,9,12-13H,5,7-8,10-11H2,1-4H3. The van der Waals surface area contributed by atoms with Crippen molar-refractivity contribution >= 4 is 27.4 Å². The molecule has 126 valence electrons. The number of aromatic nitrogens is 2. The quantitative estimate of drug-likeness (QED) is 0.841. The highest BCUT2D eigenvalue weighted by molar-refractivity contribution is 7.16. The van der Waals surface area contributed by atoms with Crippen molar-refractivity contribution in [2.24, 2.45) is 0 Å². The maximum atomic E-state index is 5.26. The average molecular weight is 334 g/mol. The topological polar surface area (TPSA) is 41.5 Å². The highest BCUT2D eigenvalue weighted by Gasteiger charge is 2.30. The Morgan fingerprint density at radius 2 is 2.00 bits per heavy atom. The summed E-state index contributed by atoms with van der Waals surface area (Å²) in [4.78, 5) is 15.6. The zero-order valence-corrected chi connectivity index (χ0v) is 15.3. The van der Waals surface area contributed by atoms with Crippen molar-refractivity contribution < 1.29 is 4.74 Å². The molecule has 0 saturated carbocycles. The van der Waals surface area contributed by atoms with Crippen molar-refractivity contribution in [2.45, 2.75) is 39.3 Å². The van der Waals surface area contributed by atoms with E-state index in [1.54, 1.807) is 18.4 Å². The molecule has 0 spiro atoms. The lowest BCUT2D eigenvalue weighted by atomic mass is 10.1. The van der Waals surface area contributed by atoms with Crippen LogP contribution >= 0.6 is 11.3 Å². The molecule has 0 aliphatic carbocycles. The van der Waals surface area contributed by atoms with Crippen LogP contribution in [0.2, 0.25) is 0 Å². The molecule has 1 fully saturated rings. The first-order valence-electron chi connectivity index (χ1n) is 8.37. The van der Waals surface area contributed by atoms with E-state index in [4.69, 9.17) is 9.72 Å². The normalized spacial score (nSPS) is 22.9. The van der Waals surface area contributed by atoms with E-state index in [0.717, 1.165) is 49.1 Å². The molecule has 2 unspecified atom stereocenters. The Labute approximate surface area is 142 Å². The van der Waals surface area contributed by atoms with Crippen LogP contribution in [0.4, 0.5) is 5.82 Å². The van der Waals surface area contributed by atoms with Gasteiger partial charge in [-0.2, -0.15) is 0 Å². The van der Waals surface area contributed by atoms with Crippen LogP contribution in [0.3, 0.4) is 0 Å². The van der Waals surface area contributed by atoms with Crippen LogP contribution in [0.25, 0.3) is 10.2 Å². The van der Waals surface area contributed by atoms with Gasteiger partial charge in [0.1, 0.15) is 16.5 Å². The van der Waals surface area contributed by atoms with Crippen LogP contribution in [0.1, 0.15) is 26.6 Å². The Bertz CT molecular complexity index is 647. The number of piperazine rings is 1. The first-order chi connectivity index (χ1) is 11.1. The number of ether oxygens (including phenoxy) is 1. The predicted molar refractivity (Wildman–Crippen MR) is 96.5 cm³/mol. The summed E-state index contributed by atoms with van der Waals surface area (Å²) >= 11 is 1.70. The second kappa shape index (κ2) is 7.11. The van der Waals surface area contributed by atoms with Crippen LogP contribution in [-0.4, -0.2) is 60.3 Å². The Morgan fingerprint density at radius 1 is 1.26 bits per heavy atom. The summed E-state index contributed by atoms with van der Waals surface area (Å²) in [6.07, 6.45) is 0.875. The van der Waals surface area contributed by atoms with Crippen molar-refractivity contribution in [3.05, 3.63) is 17.3 Å².